The Bertz CT molecular complexity index is 1040. The van der Waals surface area contributed by atoms with Gasteiger partial charge in [-0.05, 0) is 0 Å². The second-order valence-corrected chi connectivity index (χ2v) is 8.32. The fourth-order valence-corrected chi connectivity index (χ4v) is 3.37. The van der Waals surface area contributed by atoms with Gasteiger partial charge in [0.15, 0.2) is 30.5 Å². The smallest absolute Gasteiger partial charge is 0.303 e. The van der Waals surface area contributed by atoms with E-state index in [1.165, 1.54) is 0 Å². The monoisotopic (exact) mass is 591 g/mol. The number of carbonyl (C=O) groups is 9. The van der Waals surface area contributed by atoms with Crippen LogP contribution in [0.4, 0.5) is 0 Å². The highest BCUT2D eigenvalue weighted by Gasteiger charge is 2.52. The zero-order valence-electron chi connectivity index (χ0n) is 23.7. The highest BCUT2D eigenvalue weighted by Crippen LogP contribution is 2.26. The first-order chi connectivity index (χ1) is 18.8. The van der Waals surface area contributed by atoms with Crippen molar-refractivity contribution < 1.29 is 76.3 Å². The number of amides is 2. The maximum Gasteiger partial charge on any atom is 0.303 e. The van der Waals surface area contributed by atoms with Crippen LogP contribution in [0.15, 0.2) is 0 Å². The molecule has 1 N–H and O–H groups in total. The van der Waals surface area contributed by atoms with Gasteiger partial charge in [-0.1, -0.05) is 0 Å². The molecule has 0 bridgehead atoms. The van der Waals surface area contributed by atoms with E-state index < -0.39 is 96.8 Å². The van der Waals surface area contributed by atoms with E-state index in [0.29, 0.717) is 0 Å². The van der Waals surface area contributed by atoms with Crippen molar-refractivity contribution in [1.82, 2.24) is 5.32 Å². The average molecular weight is 592 g/mol. The van der Waals surface area contributed by atoms with Crippen LogP contribution in [-0.2, 0) is 76.3 Å². The van der Waals surface area contributed by atoms with Crippen molar-refractivity contribution in [2.24, 2.45) is 0 Å². The molecule has 0 aliphatic rings. The summed E-state index contributed by atoms with van der Waals surface area (Å²) in [4.78, 5) is 108. The number of carbonyl (C=O) groups excluding carboxylic acids is 9. The van der Waals surface area contributed by atoms with Crippen molar-refractivity contribution in [3.63, 3.8) is 0 Å². The quantitative estimate of drug-likeness (QED) is 0.185. The molecular formula is C24H33NO16. The minimum Gasteiger partial charge on any atom is -0.462 e. The minimum atomic E-state index is -2.22. The lowest BCUT2D eigenvalue weighted by atomic mass is 9.94. The first-order valence-corrected chi connectivity index (χ1v) is 11.8. The molecular weight excluding hydrogens is 558 g/mol. The number of rotatable bonds is 14. The molecule has 0 aliphatic heterocycles. The molecule has 230 valence electrons. The van der Waals surface area contributed by atoms with E-state index >= 15 is 0 Å². The molecule has 0 heterocycles. The molecule has 17 nitrogen and oxygen atoms in total. The van der Waals surface area contributed by atoms with Crippen LogP contribution in [-0.4, -0.2) is 96.8 Å². The van der Waals surface area contributed by atoms with E-state index in [2.05, 4.69) is 0 Å². The number of ether oxygens (including phenoxy) is 7. The topological polar surface area (TPSA) is 230 Å². The third kappa shape index (κ3) is 14.4. The Morgan fingerprint density at radius 2 is 0.829 bits per heavy atom. The van der Waals surface area contributed by atoms with E-state index in [9.17, 15) is 43.2 Å². The van der Waals surface area contributed by atoms with Crippen LogP contribution >= 0.6 is 0 Å². The molecule has 0 unspecified atom stereocenters. The van der Waals surface area contributed by atoms with Gasteiger partial charge in [0.1, 0.15) is 6.61 Å². The second kappa shape index (κ2) is 17.2. The van der Waals surface area contributed by atoms with Crippen molar-refractivity contribution >= 4 is 53.6 Å². The van der Waals surface area contributed by atoms with Gasteiger partial charge in [0, 0.05) is 55.4 Å². The Balaban J connectivity index is 7.43. The standard InChI is InChI=1S/C24H33NO16/c1-10(26)25-24(34)23(41-17(8)33)22(40-16(7)32)21(39-15(6)31)20(38-14(5)30)19(37-13(4)29)18(36-12(3)28)9-35-11(2)27/h18-23H,9H2,1-8H3,(H,25,26,34)/t18-,19-,20-,21-,22+,23+/m1/s1. The zero-order valence-corrected chi connectivity index (χ0v) is 23.7. The van der Waals surface area contributed by atoms with Gasteiger partial charge in [-0.3, -0.25) is 48.5 Å². The molecule has 17 heteroatoms. The van der Waals surface area contributed by atoms with Crippen molar-refractivity contribution in [2.45, 2.75) is 92.0 Å². The highest BCUT2D eigenvalue weighted by atomic mass is 16.7. The Morgan fingerprint density at radius 1 is 0.463 bits per heavy atom. The second-order valence-electron chi connectivity index (χ2n) is 8.32. The van der Waals surface area contributed by atoms with Crippen molar-refractivity contribution in [3.05, 3.63) is 0 Å². The lowest BCUT2D eigenvalue weighted by Gasteiger charge is -2.39. The SMILES string of the molecule is CC(=O)NC(=O)[C@@H](OC(C)=O)[C@@H](OC(C)=O)[C@H](OC(C)=O)[C@H](OC(C)=O)[C@H](OC(C)=O)[C@@H](COC(C)=O)OC(C)=O. The lowest BCUT2D eigenvalue weighted by molar-refractivity contribution is -0.221. The third-order valence-corrected chi connectivity index (χ3v) is 4.46. The van der Waals surface area contributed by atoms with E-state index in [1.807, 2.05) is 5.32 Å². The molecule has 0 aromatic rings. The molecule has 0 radical (unpaired) electrons. The van der Waals surface area contributed by atoms with Crippen molar-refractivity contribution in [2.75, 3.05) is 6.61 Å². The first kappa shape index (κ1) is 36.4. The van der Waals surface area contributed by atoms with Crippen LogP contribution in [0.1, 0.15) is 55.4 Å². The van der Waals surface area contributed by atoms with E-state index in [0.717, 1.165) is 55.4 Å². The average Bonchev–Trinajstić information content (AvgIpc) is 2.78. The summed E-state index contributed by atoms with van der Waals surface area (Å²) in [6.45, 7) is 6.47. The fourth-order valence-electron chi connectivity index (χ4n) is 3.37. The molecule has 2 amide bonds. The highest BCUT2D eigenvalue weighted by molar-refractivity contribution is 5.97. The number of nitrogens with one attached hydrogen (secondary N) is 1. The van der Waals surface area contributed by atoms with Crippen LogP contribution < -0.4 is 5.32 Å². The lowest BCUT2D eigenvalue weighted by Crippen LogP contribution is -2.61. The number of imide groups is 1. The van der Waals surface area contributed by atoms with Gasteiger partial charge in [-0.25, -0.2) is 0 Å². The van der Waals surface area contributed by atoms with E-state index in [1.54, 1.807) is 0 Å². The van der Waals surface area contributed by atoms with Gasteiger partial charge < -0.3 is 33.2 Å². The molecule has 0 aromatic carbocycles. The fraction of sp³-hybridized carbons (Fsp3) is 0.625. The molecule has 0 aliphatic carbocycles. The van der Waals surface area contributed by atoms with Gasteiger partial charge in [-0.15, -0.1) is 0 Å². The molecule has 6 atom stereocenters. The number of esters is 7. The van der Waals surface area contributed by atoms with Gasteiger partial charge >= 0.3 is 41.8 Å². The normalized spacial score (nSPS) is 14.7. The van der Waals surface area contributed by atoms with E-state index in [-0.39, 0.29) is 0 Å². The molecule has 41 heavy (non-hydrogen) atoms. The van der Waals surface area contributed by atoms with Crippen LogP contribution in [0.3, 0.4) is 0 Å². The predicted molar refractivity (Wildman–Crippen MR) is 129 cm³/mol. The Morgan fingerprint density at radius 3 is 1.20 bits per heavy atom. The Labute approximate surface area is 234 Å². The maximum atomic E-state index is 12.9. The summed E-state index contributed by atoms with van der Waals surface area (Å²) >= 11 is 0. The predicted octanol–water partition coefficient (Wildman–Crippen LogP) is -1.20. The molecule has 0 saturated heterocycles. The van der Waals surface area contributed by atoms with Crippen LogP contribution in [0, 0.1) is 0 Å². The molecule has 0 saturated carbocycles. The Hall–Kier alpha value is -4.57. The summed E-state index contributed by atoms with van der Waals surface area (Å²) in [6.07, 6.45) is -12.3. The van der Waals surface area contributed by atoms with Gasteiger partial charge in [0.25, 0.3) is 5.91 Å². The summed E-state index contributed by atoms with van der Waals surface area (Å²) in [5.74, 6) is -9.70. The minimum absolute atomic E-state index is 0.784. The van der Waals surface area contributed by atoms with Gasteiger partial charge in [0.05, 0.1) is 0 Å². The van der Waals surface area contributed by atoms with E-state index in [4.69, 9.17) is 33.2 Å². The summed E-state index contributed by atoms with van der Waals surface area (Å²) in [5, 5.41) is 1.83. The number of hydrogen-bond donors (Lipinski definition) is 1. The van der Waals surface area contributed by atoms with Crippen molar-refractivity contribution in [3.8, 4) is 0 Å². The van der Waals surface area contributed by atoms with Crippen LogP contribution in [0.2, 0.25) is 0 Å². The summed E-state index contributed by atoms with van der Waals surface area (Å²) in [5.41, 5.74) is 0. The Kier molecular flexibility index (Phi) is 15.3. The van der Waals surface area contributed by atoms with Crippen LogP contribution in [0.25, 0.3) is 0 Å². The maximum absolute atomic E-state index is 12.9. The summed E-state index contributed by atoms with van der Waals surface area (Å²) in [6, 6.07) is 0. The number of hydrogen-bond acceptors (Lipinski definition) is 16. The zero-order chi connectivity index (χ0) is 32.0. The van der Waals surface area contributed by atoms with Gasteiger partial charge in [0.2, 0.25) is 12.0 Å². The molecule has 0 rings (SSSR count). The molecule has 0 spiro atoms. The van der Waals surface area contributed by atoms with Crippen molar-refractivity contribution in [1.29, 1.82) is 0 Å². The summed E-state index contributed by atoms with van der Waals surface area (Å²) in [7, 11) is 0. The molecule has 0 fully saturated rings. The third-order valence-electron chi connectivity index (χ3n) is 4.46. The largest absolute Gasteiger partial charge is 0.462 e. The van der Waals surface area contributed by atoms with Gasteiger partial charge in [-0.2, -0.15) is 0 Å². The summed E-state index contributed by atoms with van der Waals surface area (Å²) < 4.78 is 35.9. The first-order valence-electron chi connectivity index (χ1n) is 11.8. The van der Waals surface area contributed by atoms with Crippen LogP contribution in [0.5, 0.6) is 0 Å². The molecule has 0 aromatic heterocycles.